The largest absolute Gasteiger partial charge is 0.493 e. The van der Waals surface area contributed by atoms with Gasteiger partial charge in [-0.05, 0) is 17.7 Å². The van der Waals surface area contributed by atoms with Gasteiger partial charge in [-0.25, -0.2) is 0 Å². The Morgan fingerprint density at radius 1 is 1.33 bits per heavy atom. The number of aliphatic carboxylic acids is 1. The van der Waals surface area contributed by atoms with Crippen LogP contribution in [0.3, 0.4) is 0 Å². The summed E-state index contributed by atoms with van der Waals surface area (Å²) in [5.74, 6) is -0.379. The second-order valence-electron chi connectivity index (χ2n) is 3.67. The summed E-state index contributed by atoms with van der Waals surface area (Å²) in [4.78, 5) is 11.0. The standard InChI is InChI=1S/C12H17NO5/c1-16-6-7-4-8(10(13)12(14)15)11(18-3)9(5-7)17-2/h4-5,10H,6,13H2,1-3H3,(H,14,15). The Morgan fingerprint density at radius 3 is 2.44 bits per heavy atom. The van der Waals surface area contributed by atoms with Crippen molar-refractivity contribution in [3.8, 4) is 11.5 Å². The van der Waals surface area contributed by atoms with E-state index >= 15 is 0 Å². The fourth-order valence-electron chi connectivity index (χ4n) is 1.67. The van der Waals surface area contributed by atoms with Crippen molar-refractivity contribution in [3.63, 3.8) is 0 Å². The molecule has 6 nitrogen and oxygen atoms in total. The van der Waals surface area contributed by atoms with E-state index in [9.17, 15) is 4.79 Å². The second kappa shape index (κ2) is 6.23. The third-order valence-electron chi connectivity index (χ3n) is 2.48. The number of carboxylic acids is 1. The maximum absolute atomic E-state index is 11.0. The van der Waals surface area contributed by atoms with Gasteiger partial charge in [-0.3, -0.25) is 4.79 Å². The highest BCUT2D eigenvalue weighted by Gasteiger charge is 2.22. The van der Waals surface area contributed by atoms with Crippen LogP contribution in [0.5, 0.6) is 11.5 Å². The lowest BCUT2D eigenvalue weighted by atomic mass is 10.0. The van der Waals surface area contributed by atoms with E-state index in [-0.39, 0.29) is 0 Å². The molecule has 0 aliphatic carbocycles. The number of ether oxygens (including phenoxy) is 3. The van der Waals surface area contributed by atoms with Crippen molar-refractivity contribution in [1.82, 2.24) is 0 Å². The molecule has 100 valence electrons. The Bertz CT molecular complexity index is 433. The first kappa shape index (κ1) is 14.3. The molecule has 1 rings (SSSR count). The molecule has 1 aromatic rings. The molecule has 0 spiro atoms. The van der Waals surface area contributed by atoms with E-state index in [2.05, 4.69) is 0 Å². The topological polar surface area (TPSA) is 91.0 Å². The lowest BCUT2D eigenvalue weighted by molar-refractivity contribution is -0.138. The summed E-state index contributed by atoms with van der Waals surface area (Å²) >= 11 is 0. The number of hydrogen-bond acceptors (Lipinski definition) is 5. The maximum Gasteiger partial charge on any atom is 0.325 e. The number of benzene rings is 1. The van der Waals surface area contributed by atoms with Crippen LogP contribution in [-0.4, -0.2) is 32.4 Å². The first-order valence-electron chi connectivity index (χ1n) is 5.27. The monoisotopic (exact) mass is 255 g/mol. The molecule has 0 aliphatic rings. The summed E-state index contributed by atoms with van der Waals surface area (Å²) in [6.45, 7) is 0.333. The molecule has 0 bridgehead atoms. The van der Waals surface area contributed by atoms with E-state index in [0.29, 0.717) is 23.7 Å². The summed E-state index contributed by atoms with van der Waals surface area (Å²) < 4.78 is 15.3. The summed E-state index contributed by atoms with van der Waals surface area (Å²) in [6.07, 6.45) is 0. The molecule has 1 atom stereocenters. The smallest absolute Gasteiger partial charge is 0.325 e. The van der Waals surface area contributed by atoms with Gasteiger partial charge in [0.1, 0.15) is 6.04 Å². The van der Waals surface area contributed by atoms with Crippen LogP contribution in [0.4, 0.5) is 0 Å². The van der Waals surface area contributed by atoms with Gasteiger partial charge < -0.3 is 25.1 Å². The third-order valence-corrected chi connectivity index (χ3v) is 2.48. The first-order valence-corrected chi connectivity index (χ1v) is 5.27. The normalized spacial score (nSPS) is 12.0. The molecule has 0 aromatic heterocycles. The highest BCUT2D eigenvalue weighted by atomic mass is 16.5. The van der Waals surface area contributed by atoms with E-state index in [1.54, 1.807) is 19.2 Å². The predicted molar refractivity (Wildman–Crippen MR) is 64.8 cm³/mol. The van der Waals surface area contributed by atoms with Crippen molar-refractivity contribution in [1.29, 1.82) is 0 Å². The van der Waals surface area contributed by atoms with Crippen LogP contribution in [0.1, 0.15) is 17.2 Å². The Morgan fingerprint density at radius 2 is 2.00 bits per heavy atom. The number of carboxylic acid groups (broad SMARTS) is 1. The van der Waals surface area contributed by atoms with Gasteiger partial charge >= 0.3 is 5.97 Å². The van der Waals surface area contributed by atoms with E-state index in [1.807, 2.05) is 0 Å². The molecule has 1 unspecified atom stereocenters. The van der Waals surface area contributed by atoms with E-state index in [4.69, 9.17) is 25.1 Å². The van der Waals surface area contributed by atoms with Crippen molar-refractivity contribution in [3.05, 3.63) is 23.3 Å². The zero-order chi connectivity index (χ0) is 13.7. The van der Waals surface area contributed by atoms with Crippen molar-refractivity contribution in [2.75, 3.05) is 21.3 Å². The third kappa shape index (κ3) is 2.91. The zero-order valence-electron chi connectivity index (χ0n) is 10.6. The molecule has 1 aromatic carbocycles. The molecule has 0 radical (unpaired) electrons. The van der Waals surface area contributed by atoms with Crippen molar-refractivity contribution < 1.29 is 24.1 Å². The van der Waals surface area contributed by atoms with Crippen LogP contribution >= 0.6 is 0 Å². The Balaban J connectivity index is 3.34. The zero-order valence-corrected chi connectivity index (χ0v) is 10.6. The number of rotatable bonds is 6. The van der Waals surface area contributed by atoms with E-state index in [0.717, 1.165) is 5.56 Å². The highest BCUT2D eigenvalue weighted by molar-refractivity contribution is 5.77. The predicted octanol–water partition coefficient (Wildman–Crippen LogP) is 0.935. The fourth-order valence-corrected chi connectivity index (χ4v) is 1.67. The Kier molecular flexibility index (Phi) is 4.94. The van der Waals surface area contributed by atoms with Gasteiger partial charge in [0.25, 0.3) is 0 Å². The number of methoxy groups -OCH3 is 3. The van der Waals surface area contributed by atoms with Gasteiger partial charge in [-0.2, -0.15) is 0 Å². The molecule has 0 fully saturated rings. The van der Waals surface area contributed by atoms with Gasteiger partial charge in [0.05, 0.1) is 20.8 Å². The quantitative estimate of drug-likeness (QED) is 0.786. The molecule has 18 heavy (non-hydrogen) atoms. The molecule has 0 aliphatic heterocycles. The molecular weight excluding hydrogens is 238 g/mol. The lowest BCUT2D eigenvalue weighted by Crippen LogP contribution is -2.21. The minimum atomic E-state index is -1.18. The first-order chi connectivity index (χ1) is 8.54. The minimum absolute atomic E-state index is 0.326. The van der Waals surface area contributed by atoms with Crippen LogP contribution in [-0.2, 0) is 16.1 Å². The Hall–Kier alpha value is -1.79. The van der Waals surface area contributed by atoms with Crippen LogP contribution in [0.15, 0.2) is 12.1 Å². The number of hydrogen-bond donors (Lipinski definition) is 2. The molecule has 0 saturated carbocycles. The van der Waals surface area contributed by atoms with Gasteiger partial charge in [-0.15, -0.1) is 0 Å². The molecule has 0 saturated heterocycles. The molecule has 6 heteroatoms. The molecule has 0 amide bonds. The second-order valence-corrected chi connectivity index (χ2v) is 3.67. The highest BCUT2D eigenvalue weighted by Crippen LogP contribution is 2.35. The van der Waals surface area contributed by atoms with Gasteiger partial charge in [0.15, 0.2) is 11.5 Å². The van der Waals surface area contributed by atoms with Gasteiger partial charge in [0, 0.05) is 12.7 Å². The number of carbonyl (C=O) groups is 1. The summed E-state index contributed by atoms with van der Waals surface area (Å²) in [6, 6.07) is 2.19. The molecule has 0 heterocycles. The van der Waals surface area contributed by atoms with Crippen LogP contribution in [0.25, 0.3) is 0 Å². The van der Waals surface area contributed by atoms with Crippen molar-refractivity contribution in [2.45, 2.75) is 12.6 Å². The maximum atomic E-state index is 11.0. The summed E-state index contributed by atoms with van der Waals surface area (Å²) in [5, 5.41) is 8.99. The lowest BCUT2D eigenvalue weighted by Gasteiger charge is -2.17. The summed E-state index contributed by atoms with van der Waals surface area (Å²) in [5.41, 5.74) is 6.75. The van der Waals surface area contributed by atoms with E-state index < -0.39 is 12.0 Å². The average Bonchev–Trinajstić information content (AvgIpc) is 2.36. The van der Waals surface area contributed by atoms with E-state index in [1.165, 1.54) is 14.2 Å². The van der Waals surface area contributed by atoms with Gasteiger partial charge in [-0.1, -0.05) is 0 Å². The minimum Gasteiger partial charge on any atom is -0.493 e. The van der Waals surface area contributed by atoms with Crippen LogP contribution in [0.2, 0.25) is 0 Å². The van der Waals surface area contributed by atoms with Crippen LogP contribution in [0, 0.1) is 0 Å². The van der Waals surface area contributed by atoms with Crippen LogP contribution < -0.4 is 15.2 Å². The van der Waals surface area contributed by atoms with Gasteiger partial charge in [0.2, 0.25) is 0 Å². The SMILES string of the molecule is COCc1cc(OC)c(OC)c(C(N)C(=O)O)c1. The van der Waals surface area contributed by atoms with Crippen molar-refractivity contribution >= 4 is 5.97 Å². The molecule has 3 N–H and O–H groups in total. The van der Waals surface area contributed by atoms with Crippen molar-refractivity contribution in [2.24, 2.45) is 5.73 Å². The fraction of sp³-hybridized carbons (Fsp3) is 0.417. The summed E-state index contributed by atoms with van der Waals surface area (Å²) in [7, 11) is 4.46. The molecular formula is C12H17NO5. The average molecular weight is 255 g/mol. The number of nitrogens with two attached hydrogens (primary N) is 1. The Labute approximate surface area is 105 Å².